The molecule has 0 radical (unpaired) electrons. The van der Waals surface area contributed by atoms with Gasteiger partial charge in [0.25, 0.3) is 0 Å². The van der Waals surface area contributed by atoms with E-state index in [1.807, 2.05) is 0 Å². The van der Waals surface area contributed by atoms with Gasteiger partial charge < -0.3 is 15.8 Å². The first-order valence-corrected chi connectivity index (χ1v) is 7.25. The number of carbonyl (C=O) groups excluding carboxylic acids is 3. The van der Waals surface area contributed by atoms with Crippen LogP contribution in [0.4, 0.5) is 5.00 Å². The van der Waals surface area contributed by atoms with Crippen molar-refractivity contribution in [3.8, 4) is 0 Å². The van der Waals surface area contributed by atoms with E-state index in [1.165, 1.54) is 30.6 Å². The fourth-order valence-electron chi connectivity index (χ4n) is 1.79. The number of ketones is 1. The van der Waals surface area contributed by atoms with Crippen LogP contribution in [0.15, 0.2) is 35.7 Å². The van der Waals surface area contributed by atoms with Crippen LogP contribution in [0, 0.1) is 0 Å². The lowest BCUT2D eigenvalue weighted by molar-refractivity contribution is -0.114. The van der Waals surface area contributed by atoms with E-state index in [-0.39, 0.29) is 18.2 Å². The Morgan fingerprint density at radius 3 is 2.36 bits per heavy atom. The molecule has 2 aromatic rings. The molecule has 0 fully saturated rings. The molecule has 7 heteroatoms. The van der Waals surface area contributed by atoms with Crippen LogP contribution in [-0.2, 0) is 9.53 Å². The number of methoxy groups -OCH3 is 1. The molecule has 2 rings (SSSR count). The average molecular weight is 318 g/mol. The molecule has 0 aliphatic heterocycles. The number of nitrogens with one attached hydrogen (secondary N) is 1. The molecule has 6 nitrogen and oxygen atoms in total. The van der Waals surface area contributed by atoms with Crippen molar-refractivity contribution in [2.45, 2.75) is 0 Å². The smallest absolute Gasteiger partial charge is 0.337 e. The maximum absolute atomic E-state index is 12.5. The predicted octanol–water partition coefficient (Wildman–Crippen LogP) is 1.66. The number of amides is 1. The Balaban J connectivity index is 2.23. The van der Waals surface area contributed by atoms with Gasteiger partial charge in [-0.15, -0.1) is 11.3 Å². The highest BCUT2D eigenvalue weighted by Gasteiger charge is 2.17. The van der Waals surface area contributed by atoms with Gasteiger partial charge in [-0.1, -0.05) is 12.1 Å². The van der Waals surface area contributed by atoms with Crippen LogP contribution in [0.5, 0.6) is 0 Å². The minimum absolute atomic E-state index is 0.153. The lowest BCUT2D eigenvalue weighted by Crippen LogP contribution is -2.22. The molecule has 1 heterocycles. The number of ether oxygens (including phenoxy) is 1. The third kappa shape index (κ3) is 3.38. The Kier molecular flexibility index (Phi) is 5.03. The quantitative estimate of drug-likeness (QED) is 0.645. The number of esters is 1. The first-order valence-electron chi connectivity index (χ1n) is 6.37. The molecule has 1 aromatic carbocycles. The summed E-state index contributed by atoms with van der Waals surface area (Å²) < 4.78 is 4.60. The van der Waals surface area contributed by atoms with Crippen LogP contribution in [0.3, 0.4) is 0 Å². The molecule has 3 N–H and O–H groups in total. The van der Waals surface area contributed by atoms with Crippen LogP contribution in [0.2, 0.25) is 0 Å². The molecule has 0 aliphatic carbocycles. The predicted molar refractivity (Wildman–Crippen MR) is 83.2 cm³/mol. The van der Waals surface area contributed by atoms with E-state index >= 15 is 0 Å². The van der Waals surface area contributed by atoms with Crippen molar-refractivity contribution < 1.29 is 19.1 Å². The van der Waals surface area contributed by atoms with Gasteiger partial charge in [0.05, 0.1) is 24.8 Å². The molecule has 0 unspecified atom stereocenters. The largest absolute Gasteiger partial charge is 0.465 e. The highest BCUT2D eigenvalue weighted by atomic mass is 32.1. The minimum atomic E-state index is -0.467. The molecule has 22 heavy (non-hydrogen) atoms. The fraction of sp³-hybridized carbons (Fsp3) is 0.133. The van der Waals surface area contributed by atoms with Crippen LogP contribution >= 0.6 is 11.3 Å². The summed E-state index contributed by atoms with van der Waals surface area (Å²) in [7, 11) is 1.29. The molecule has 0 saturated heterocycles. The maximum atomic E-state index is 12.5. The minimum Gasteiger partial charge on any atom is -0.465 e. The number of hydrogen-bond acceptors (Lipinski definition) is 6. The zero-order valence-electron chi connectivity index (χ0n) is 11.8. The third-order valence-corrected chi connectivity index (χ3v) is 3.75. The lowest BCUT2D eigenvalue weighted by Gasteiger charge is -2.05. The summed E-state index contributed by atoms with van der Waals surface area (Å²) in [5.74, 6) is -1.08. The molecular formula is C15H14N2O4S. The maximum Gasteiger partial charge on any atom is 0.337 e. The second-order valence-electron chi connectivity index (χ2n) is 4.31. The number of hydrogen-bond donors (Lipinski definition) is 2. The Morgan fingerprint density at radius 2 is 1.77 bits per heavy atom. The average Bonchev–Trinajstić information content (AvgIpc) is 3.01. The monoisotopic (exact) mass is 318 g/mol. The molecule has 1 amide bonds. The Hall–Kier alpha value is -2.51. The van der Waals surface area contributed by atoms with E-state index in [0.29, 0.717) is 21.7 Å². The van der Waals surface area contributed by atoms with Gasteiger partial charge >= 0.3 is 5.97 Å². The van der Waals surface area contributed by atoms with Crippen LogP contribution in [-0.4, -0.2) is 31.3 Å². The standard InChI is InChI=1S/C15H14N2O4S/c1-21-15(20)10-4-2-9(3-5-10)13(19)11-6-7-22-14(11)17-12(18)8-16/h2-7H,8,16H2,1H3,(H,17,18). The summed E-state index contributed by atoms with van der Waals surface area (Å²) in [6, 6.07) is 7.75. The summed E-state index contributed by atoms with van der Waals surface area (Å²) in [4.78, 5) is 35.2. The first-order chi connectivity index (χ1) is 10.6. The number of rotatable bonds is 5. The zero-order chi connectivity index (χ0) is 16.1. The van der Waals surface area contributed by atoms with Crippen molar-refractivity contribution in [1.29, 1.82) is 0 Å². The van der Waals surface area contributed by atoms with Gasteiger partial charge in [-0.3, -0.25) is 9.59 Å². The number of carbonyl (C=O) groups is 3. The number of benzene rings is 1. The zero-order valence-corrected chi connectivity index (χ0v) is 12.6. The highest BCUT2D eigenvalue weighted by Crippen LogP contribution is 2.26. The van der Waals surface area contributed by atoms with E-state index in [1.54, 1.807) is 23.6 Å². The molecule has 0 saturated carbocycles. The van der Waals surface area contributed by atoms with E-state index in [0.717, 1.165) is 0 Å². The SMILES string of the molecule is COC(=O)c1ccc(C(=O)c2ccsc2NC(=O)CN)cc1. The molecule has 0 spiro atoms. The van der Waals surface area contributed by atoms with Gasteiger partial charge in [0, 0.05) is 5.56 Å². The van der Waals surface area contributed by atoms with Crippen molar-refractivity contribution in [1.82, 2.24) is 0 Å². The van der Waals surface area contributed by atoms with E-state index in [2.05, 4.69) is 10.1 Å². The molecular weight excluding hydrogens is 304 g/mol. The molecule has 0 atom stereocenters. The third-order valence-electron chi connectivity index (χ3n) is 2.92. The summed E-state index contributed by atoms with van der Waals surface area (Å²) in [6.45, 7) is -0.153. The van der Waals surface area contributed by atoms with Gasteiger partial charge in [0.2, 0.25) is 5.91 Å². The van der Waals surface area contributed by atoms with Gasteiger partial charge in [0.1, 0.15) is 5.00 Å². The summed E-state index contributed by atoms with van der Waals surface area (Å²) in [5, 5.41) is 4.76. The lowest BCUT2D eigenvalue weighted by atomic mass is 10.0. The summed E-state index contributed by atoms with van der Waals surface area (Å²) in [6.07, 6.45) is 0. The molecule has 114 valence electrons. The number of thiophene rings is 1. The molecule has 1 aromatic heterocycles. The summed E-state index contributed by atoms with van der Waals surface area (Å²) in [5.41, 5.74) is 6.41. The van der Waals surface area contributed by atoms with E-state index in [4.69, 9.17) is 5.73 Å². The summed E-state index contributed by atoms with van der Waals surface area (Å²) >= 11 is 1.25. The Bertz CT molecular complexity index is 707. The second kappa shape index (κ2) is 6.97. The van der Waals surface area contributed by atoms with Crippen molar-refractivity contribution in [3.05, 3.63) is 52.4 Å². The van der Waals surface area contributed by atoms with Gasteiger partial charge in [-0.05, 0) is 23.6 Å². The number of anilines is 1. The van der Waals surface area contributed by atoms with Crippen LogP contribution in [0.1, 0.15) is 26.3 Å². The van der Waals surface area contributed by atoms with Crippen LogP contribution in [0.25, 0.3) is 0 Å². The topological polar surface area (TPSA) is 98.5 Å². The van der Waals surface area contributed by atoms with E-state index in [9.17, 15) is 14.4 Å². The van der Waals surface area contributed by atoms with Gasteiger partial charge in [-0.2, -0.15) is 0 Å². The molecule has 0 aliphatic rings. The number of nitrogens with two attached hydrogens (primary N) is 1. The van der Waals surface area contributed by atoms with Gasteiger partial charge in [-0.25, -0.2) is 4.79 Å². The normalized spacial score (nSPS) is 10.1. The van der Waals surface area contributed by atoms with Crippen LogP contribution < -0.4 is 11.1 Å². The highest BCUT2D eigenvalue weighted by molar-refractivity contribution is 7.14. The Labute approximate surface area is 130 Å². The Morgan fingerprint density at radius 1 is 1.14 bits per heavy atom. The van der Waals surface area contributed by atoms with Crippen molar-refractivity contribution in [2.24, 2.45) is 5.73 Å². The first kappa shape index (κ1) is 15.9. The second-order valence-corrected chi connectivity index (χ2v) is 5.23. The van der Waals surface area contributed by atoms with Gasteiger partial charge in [0.15, 0.2) is 5.78 Å². The molecule has 0 bridgehead atoms. The van der Waals surface area contributed by atoms with Crippen molar-refractivity contribution in [3.63, 3.8) is 0 Å². The van der Waals surface area contributed by atoms with Crippen molar-refractivity contribution >= 4 is 34.0 Å². The van der Waals surface area contributed by atoms with E-state index < -0.39 is 5.97 Å². The van der Waals surface area contributed by atoms with Crippen molar-refractivity contribution in [2.75, 3.05) is 19.0 Å². The fourth-order valence-corrected chi connectivity index (χ4v) is 2.59.